The molecule has 0 aliphatic heterocycles. The number of ether oxygens (including phenoxy) is 1. The van der Waals surface area contributed by atoms with Crippen LogP contribution in [-0.2, 0) is 6.54 Å². The molecule has 1 aromatic heterocycles. The van der Waals surface area contributed by atoms with E-state index in [0.29, 0.717) is 6.54 Å². The SMILES string of the molecule is CCC(C)(CCO)NCc1ccc2cccc(OC)c2n1. The lowest BCUT2D eigenvalue weighted by atomic mass is 9.95. The molecule has 0 bridgehead atoms. The average Bonchev–Trinajstić information content (AvgIpc) is 2.52. The summed E-state index contributed by atoms with van der Waals surface area (Å²) in [7, 11) is 1.66. The Hall–Kier alpha value is -1.65. The van der Waals surface area contributed by atoms with Crippen LogP contribution >= 0.6 is 0 Å². The Labute approximate surface area is 126 Å². The minimum absolute atomic E-state index is 0.0633. The van der Waals surface area contributed by atoms with E-state index in [4.69, 9.17) is 14.8 Å². The molecule has 4 heteroatoms. The van der Waals surface area contributed by atoms with Crippen molar-refractivity contribution < 1.29 is 9.84 Å². The van der Waals surface area contributed by atoms with Gasteiger partial charge in [0.05, 0.1) is 12.8 Å². The van der Waals surface area contributed by atoms with Gasteiger partial charge in [0.2, 0.25) is 0 Å². The van der Waals surface area contributed by atoms with E-state index >= 15 is 0 Å². The van der Waals surface area contributed by atoms with E-state index in [1.54, 1.807) is 7.11 Å². The van der Waals surface area contributed by atoms with E-state index in [1.165, 1.54) is 0 Å². The van der Waals surface area contributed by atoms with E-state index < -0.39 is 0 Å². The van der Waals surface area contributed by atoms with Gasteiger partial charge < -0.3 is 15.2 Å². The maximum Gasteiger partial charge on any atom is 0.145 e. The first kappa shape index (κ1) is 15.7. The van der Waals surface area contributed by atoms with Crippen LogP contribution in [0.15, 0.2) is 30.3 Å². The van der Waals surface area contributed by atoms with Crippen molar-refractivity contribution in [1.29, 1.82) is 0 Å². The molecule has 0 amide bonds. The molecule has 114 valence electrons. The monoisotopic (exact) mass is 288 g/mol. The third-order valence-corrected chi connectivity index (χ3v) is 4.10. The van der Waals surface area contributed by atoms with Crippen LogP contribution in [0.1, 0.15) is 32.4 Å². The number of methoxy groups -OCH3 is 1. The highest BCUT2D eigenvalue weighted by atomic mass is 16.5. The van der Waals surface area contributed by atoms with Crippen molar-refractivity contribution in [2.24, 2.45) is 0 Å². The van der Waals surface area contributed by atoms with Gasteiger partial charge in [-0.1, -0.05) is 25.1 Å². The number of fused-ring (bicyclic) bond motifs is 1. The van der Waals surface area contributed by atoms with Gasteiger partial charge in [0.15, 0.2) is 0 Å². The summed E-state index contributed by atoms with van der Waals surface area (Å²) in [4.78, 5) is 4.69. The van der Waals surface area contributed by atoms with Gasteiger partial charge in [-0.15, -0.1) is 0 Å². The summed E-state index contributed by atoms with van der Waals surface area (Å²) in [5.41, 5.74) is 1.80. The molecular formula is C17H24N2O2. The predicted molar refractivity (Wildman–Crippen MR) is 85.5 cm³/mol. The van der Waals surface area contributed by atoms with Crippen molar-refractivity contribution in [3.05, 3.63) is 36.0 Å². The molecule has 2 rings (SSSR count). The normalized spacial score (nSPS) is 14.1. The zero-order valence-corrected chi connectivity index (χ0v) is 13.0. The van der Waals surface area contributed by atoms with E-state index in [-0.39, 0.29) is 12.1 Å². The van der Waals surface area contributed by atoms with Crippen LogP contribution in [0.5, 0.6) is 5.75 Å². The molecule has 1 unspecified atom stereocenters. The summed E-state index contributed by atoms with van der Waals surface area (Å²) < 4.78 is 5.37. The number of benzene rings is 1. The molecule has 0 aliphatic carbocycles. The zero-order chi connectivity index (χ0) is 15.3. The fourth-order valence-electron chi connectivity index (χ4n) is 2.36. The number of hydrogen-bond donors (Lipinski definition) is 2. The molecular weight excluding hydrogens is 264 g/mol. The number of pyridine rings is 1. The lowest BCUT2D eigenvalue weighted by Gasteiger charge is -2.29. The van der Waals surface area contributed by atoms with Crippen molar-refractivity contribution in [2.75, 3.05) is 13.7 Å². The van der Waals surface area contributed by atoms with Gasteiger partial charge in [-0.25, -0.2) is 4.98 Å². The number of hydrogen-bond acceptors (Lipinski definition) is 4. The van der Waals surface area contributed by atoms with Gasteiger partial charge in [-0.3, -0.25) is 0 Å². The number of aromatic nitrogens is 1. The van der Waals surface area contributed by atoms with Crippen molar-refractivity contribution >= 4 is 10.9 Å². The van der Waals surface area contributed by atoms with E-state index in [1.807, 2.05) is 24.3 Å². The summed E-state index contributed by atoms with van der Waals surface area (Å²) in [5.74, 6) is 0.794. The van der Waals surface area contributed by atoms with Crippen molar-refractivity contribution in [2.45, 2.75) is 38.8 Å². The van der Waals surface area contributed by atoms with E-state index in [0.717, 1.165) is 35.2 Å². The van der Waals surface area contributed by atoms with Gasteiger partial charge in [-0.05, 0) is 31.9 Å². The molecule has 4 nitrogen and oxygen atoms in total. The molecule has 0 saturated carbocycles. The maximum atomic E-state index is 9.17. The molecule has 0 fully saturated rings. The van der Waals surface area contributed by atoms with Crippen molar-refractivity contribution in [3.8, 4) is 5.75 Å². The molecule has 0 spiro atoms. The molecule has 1 aromatic carbocycles. The Morgan fingerprint density at radius 3 is 2.76 bits per heavy atom. The Bertz CT molecular complexity index is 600. The lowest BCUT2D eigenvalue weighted by molar-refractivity contribution is 0.214. The average molecular weight is 288 g/mol. The minimum Gasteiger partial charge on any atom is -0.494 e. The van der Waals surface area contributed by atoms with Gasteiger partial charge >= 0.3 is 0 Å². The number of rotatable bonds is 7. The second-order valence-electron chi connectivity index (χ2n) is 5.58. The Balaban J connectivity index is 2.19. The number of nitrogens with one attached hydrogen (secondary N) is 1. The molecule has 2 aromatic rings. The number of aliphatic hydroxyl groups excluding tert-OH is 1. The third kappa shape index (κ3) is 3.71. The molecule has 1 atom stereocenters. The first-order valence-corrected chi connectivity index (χ1v) is 7.40. The second kappa shape index (κ2) is 6.87. The van der Waals surface area contributed by atoms with Gasteiger partial charge in [0.1, 0.15) is 11.3 Å². The van der Waals surface area contributed by atoms with Gasteiger partial charge in [0.25, 0.3) is 0 Å². The van der Waals surface area contributed by atoms with Gasteiger partial charge in [0, 0.05) is 24.1 Å². The lowest BCUT2D eigenvalue weighted by Crippen LogP contribution is -2.42. The van der Waals surface area contributed by atoms with Gasteiger partial charge in [-0.2, -0.15) is 0 Å². The van der Waals surface area contributed by atoms with Crippen LogP contribution in [0, 0.1) is 0 Å². The zero-order valence-electron chi connectivity index (χ0n) is 13.0. The first-order chi connectivity index (χ1) is 10.1. The van der Waals surface area contributed by atoms with Crippen LogP contribution in [0.3, 0.4) is 0 Å². The third-order valence-electron chi connectivity index (χ3n) is 4.10. The van der Waals surface area contributed by atoms with Crippen molar-refractivity contribution in [3.63, 3.8) is 0 Å². The smallest absolute Gasteiger partial charge is 0.145 e. The molecule has 0 radical (unpaired) electrons. The van der Waals surface area contributed by atoms with Crippen molar-refractivity contribution in [1.82, 2.24) is 10.3 Å². The predicted octanol–water partition coefficient (Wildman–Crippen LogP) is 2.88. The summed E-state index contributed by atoms with van der Waals surface area (Å²) in [6.07, 6.45) is 1.70. The second-order valence-corrected chi connectivity index (χ2v) is 5.58. The fourth-order valence-corrected chi connectivity index (χ4v) is 2.36. The molecule has 0 saturated heterocycles. The Kier molecular flexibility index (Phi) is 5.15. The van der Waals surface area contributed by atoms with Crippen LogP contribution in [-0.4, -0.2) is 29.3 Å². The largest absolute Gasteiger partial charge is 0.494 e. The van der Waals surface area contributed by atoms with Crippen LogP contribution in [0.25, 0.3) is 10.9 Å². The quantitative estimate of drug-likeness (QED) is 0.822. The highest BCUT2D eigenvalue weighted by Gasteiger charge is 2.20. The summed E-state index contributed by atoms with van der Waals surface area (Å²) in [6.45, 7) is 5.12. The Morgan fingerprint density at radius 1 is 1.29 bits per heavy atom. The number of nitrogens with zero attached hydrogens (tertiary/aromatic N) is 1. The molecule has 2 N–H and O–H groups in total. The summed E-state index contributed by atoms with van der Waals surface area (Å²) in [5, 5.41) is 13.7. The number of aliphatic hydroxyl groups is 1. The van der Waals surface area contributed by atoms with Crippen LogP contribution < -0.4 is 10.1 Å². The highest BCUT2D eigenvalue weighted by Crippen LogP contribution is 2.24. The molecule has 21 heavy (non-hydrogen) atoms. The van der Waals surface area contributed by atoms with E-state index in [9.17, 15) is 0 Å². The van der Waals surface area contributed by atoms with E-state index in [2.05, 4.69) is 25.2 Å². The first-order valence-electron chi connectivity index (χ1n) is 7.40. The summed E-state index contributed by atoms with van der Waals surface area (Å²) >= 11 is 0. The summed E-state index contributed by atoms with van der Waals surface area (Å²) in [6, 6.07) is 10.0. The standard InChI is InChI=1S/C17H24N2O2/c1-4-17(2,10-11-20)18-12-14-9-8-13-6-5-7-15(21-3)16(13)19-14/h5-9,18,20H,4,10-12H2,1-3H3. The number of para-hydroxylation sites is 1. The fraction of sp³-hybridized carbons (Fsp3) is 0.471. The highest BCUT2D eigenvalue weighted by molar-refractivity contribution is 5.84. The van der Waals surface area contributed by atoms with Crippen LogP contribution in [0.4, 0.5) is 0 Å². The molecule has 0 aliphatic rings. The maximum absolute atomic E-state index is 9.17. The molecule has 1 heterocycles. The minimum atomic E-state index is -0.0633. The topological polar surface area (TPSA) is 54.4 Å². The van der Waals surface area contributed by atoms with Crippen LogP contribution in [0.2, 0.25) is 0 Å². The Morgan fingerprint density at radius 2 is 2.10 bits per heavy atom.